The number of nitrogens with one attached hydrogen (secondary N) is 1. The predicted molar refractivity (Wildman–Crippen MR) is 69.2 cm³/mol. The Bertz CT molecular complexity index is 106. The van der Waals surface area contributed by atoms with E-state index in [1.165, 1.54) is 44.3 Å². The van der Waals surface area contributed by atoms with E-state index in [0.29, 0.717) is 0 Å². The van der Waals surface area contributed by atoms with E-state index >= 15 is 0 Å². The van der Waals surface area contributed by atoms with Gasteiger partial charge in [-0.05, 0) is 31.4 Å². The first-order chi connectivity index (χ1) is 6.85. The second-order valence-corrected chi connectivity index (χ2v) is 4.87. The summed E-state index contributed by atoms with van der Waals surface area (Å²) in [6, 6.07) is 0.768. The minimum absolute atomic E-state index is 0.768. The molecule has 0 aliphatic carbocycles. The highest BCUT2D eigenvalue weighted by atomic mass is 32.2. The fourth-order valence-corrected chi connectivity index (χ4v) is 2.23. The first kappa shape index (κ1) is 14.3. The largest absolute Gasteiger partial charge is 0.314 e. The van der Waals surface area contributed by atoms with E-state index in [2.05, 4.69) is 25.4 Å². The van der Waals surface area contributed by atoms with Gasteiger partial charge in [0.1, 0.15) is 0 Å². The van der Waals surface area contributed by atoms with E-state index in [1.54, 1.807) is 0 Å². The van der Waals surface area contributed by atoms with E-state index in [-0.39, 0.29) is 0 Å². The summed E-state index contributed by atoms with van der Waals surface area (Å²) in [5, 5.41) is 3.58. The van der Waals surface area contributed by atoms with Gasteiger partial charge in [0.05, 0.1) is 0 Å². The molecule has 0 aromatic carbocycles. The molecule has 2 heteroatoms. The Morgan fingerprint density at radius 1 is 1.07 bits per heavy atom. The topological polar surface area (TPSA) is 12.0 Å². The van der Waals surface area contributed by atoms with Gasteiger partial charge in [-0.3, -0.25) is 0 Å². The monoisotopic (exact) mass is 217 g/mol. The summed E-state index contributed by atoms with van der Waals surface area (Å²) < 4.78 is 0. The smallest absolute Gasteiger partial charge is 0.00748 e. The minimum atomic E-state index is 0.768. The Morgan fingerprint density at radius 2 is 1.86 bits per heavy atom. The molecule has 0 aliphatic rings. The Hall–Kier alpha value is 0.310. The molecular formula is C12H27NS. The van der Waals surface area contributed by atoms with Crippen molar-refractivity contribution in [1.29, 1.82) is 0 Å². The second kappa shape index (κ2) is 11.4. The van der Waals surface area contributed by atoms with Gasteiger partial charge in [-0.1, -0.05) is 39.5 Å². The van der Waals surface area contributed by atoms with E-state index < -0.39 is 0 Å². The van der Waals surface area contributed by atoms with Crippen molar-refractivity contribution < 1.29 is 0 Å². The lowest BCUT2D eigenvalue weighted by Crippen LogP contribution is -2.29. The zero-order chi connectivity index (χ0) is 10.6. The van der Waals surface area contributed by atoms with Gasteiger partial charge in [-0.2, -0.15) is 11.8 Å². The van der Waals surface area contributed by atoms with Gasteiger partial charge in [0.25, 0.3) is 0 Å². The molecular weight excluding hydrogens is 190 g/mol. The molecule has 1 atom stereocenters. The molecule has 0 aromatic rings. The van der Waals surface area contributed by atoms with Crippen molar-refractivity contribution in [2.24, 2.45) is 0 Å². The van der Waals surface area contributed by atoms with Crippen LogP contribution in [0.25, 0.3) is 0 Å². The predicted octanol–water partition coefficient (Wildman–Crippen LogP) is 3.69. The van der Waals surface area contributed by atoms with Crippen LogP contribution in [0.1, 0.15) is 52.4 Å². The molecule has 14 heavy (non-hydrogen) atoms. The molecule has 0 saturated heterocycles. The van der Waals surface area contributed by atoms with Crippen LogP contribution in [-0.4, -0.2) is 24.6 Å². The Labute approximate surface area is 94.4 Å². The maximum Gasteiger partial charge on any atom is 0.00748 e. The van der Waals surface area contributed by atoms with Crippen LogP contribution in [0.5, 0.6) is 0 Å². The number of thioether (sulfide) groups is 1. The molecule has 0 heterocycles. The zero-order valence-electron chi connectivity index (χ0n) is 10.1. The lowest BCUT2D eigenvalue weighted by Gasteiger charge is -2.17. The molecule has 0 rings (SSSR count). The number of unbranched alkanes of at least 4 members (excludes halogenated alkanes) is 3. The average Bonchev–Trinajstić information content (AvgIpc) is 2.20. The lowest BCUT2D eigenvalue weighted by molar-refractivity contribution is 0.457. The highest BCUT2D eigenvalue weighted by Gasteiger charge is 2.05. The van der Waals surface area contributed by atoms with E-state index in [4.69, 9.17) is 0 Å². The maximum absolute atomic E-state index is 3.58. The third-order valence-corrected chi connectivity index (χ3v) is 3.21. The minimum Gasteiger partial charge on any atom is -0.314 e. The standard InChI is InChI=1S/C12H27NS/c1-4-6-7-8-9-12(13-5-2)10-11-14-3/h12-13H,4-11H2,1-3H3. The molecule has 0 bridgehead atoms. The van der Waals surface area contributed by atoms with Crippen molar-refractivity contribution in [3.63, 3.8) is 0 Å². The summed E-state index contributed by atoms with van der Waals surface area (Å²) in [6.07, 6.45) is 10.5. The van der Waals surface area contributed by atoms with Crippen LogP contribution in [0.15, 0.2) is 0 Å². The van der Waals surface area contributed by atoms with Gasteiger partial charge < -0.3 is 5.32 Å². The van der Waals surface area contributed by atoms with Gasteiger partial charge in [-0.25, -0.2) is 0 Å². The van der Waals surface area contributed by atoms with Crippen LogP contribution < -0.4 is 5.32 Å². The quantitative estimate of drug-likeness (QED) is 0.560. The van der Waals surface area contributed by atoms with E-state index in [9.17, 15) is 0 Å². The van der Waals surface area contributed by atoms with Crippen LogP contribution in [-0.2, 0) is 0 Å². The lowest BCUT2D eigenvalue weighted by atomic mass is 10.1. The fraction of sp³-hybridized carbons (Fsp3) is 1.00. The Kier molecular flexibility index (Phi) is 11.6. The van der Waals surface area contributed by atoms with Crippen LogP contribution in [0, 0.1) is 0 Å². The van der Waals surface area contributed by atoms with Crippen molar-refractivity contribution in [2.75, 3.05) is 18.6 Å². The molecule has 0 aromatic heterocycles. The molecule has 1 N–H and O–H groups in total. The molecule has 0 fully saturated rings. The Balaban J connectivity index is 3.40. The van der Waals surface area contributed by atoms with Crippen molar-refractivity contribution in [1.82, 2.24) is 5.32 Å². The van der Waals surface area contributed by atoms with Crippen molar-refractivity contribution in [3.8, 4) is 0 Å². The third kappa shape index (κ3) is 8.89. The molecule has 86 valence electrons. The molecule has 0 spiro atoms. The normalized spacial score (nSPS) is 13.1. The van der Waals surface area contributed by atoms with Crippen LogP contribution >= 0.6 is 11.8 Å². The summed E-state index contributed by atoms with van der Waals surface area (Å²) >= 11 is 1.96. The van der Waals surface area contributed by atoms with Crippen LogP contribution in [0.4, 0.5) is 0 Å². The average molecular weight is 217 g/mol. The first-order valence-corrected chi connectivity index (χ1v) is 7.46. The van der Waals surface area contributed by atoms with Crippen LogP contribution in [0.2, 0.25) is 0 Å². The van der Waals surface area contributed by atoms with Crippen molar-refractivity contribution in [2.45, 2.75) is 58.4 Å². The molecule has 1 nitrogen and oxygen atoms in total. The highest BCUT2D eigenvalue weighted by molar-refractivity contribution is 7.98. The number of rotatable bonds is 10. The Morgan fingerprint density at radius 3 is 2.43 bits per heavy atom. The van der Waals surface area contributed by atoms with E-state index in [0.717, 1.165) is 12.6 Å². The SMILES string of the molecule is CCCCCCC(CCSC)NCC. The van der Waals surface area contributed by atoms with Gasteiger partial charge >= 0.3 is 0 Å². The fourth-order valence-electron chi connectivity index (χ4n) is 1.71. The molecule has 0 radical (unpaired) electrons. The maximum atomic E-state index is 3.58. The zero-order valence-corrected chi connectivity index (χ0v) is 11.0. The number of hydrogen-bond donors (Lipinski definition) is 1. The molecule has 0 aliphatic heterocycles. The molecule has 1 unspecified atom stereocenters. The van der Waals surface area contributed by atoms with Gasteiger partial charge in [0.2, 0.25) is 0 Å². The van der Waals surface area contributed by atoms with Gasteiger partial charge in [-0.15, -0.1) is 0 Å². The van der Waals surface area contributed by atoms with Gasteiger partial charge in [0, 0.05) is 6.04 Å². The van der Waals surface area contributed by atoms with Gasteiger partial charge in [0.15, 0.2) is 0 Å². The second-order valence-electron chi connectivity index (χ2n) is 3.89. The highest BCUT2D eigenvalue weighted by Crippen LogP contribution is 2.10. The molecule has 0 saturated carbocycles. The summed E-state index contributed by atoms with van der Waals surface area (Å²) in [7, 11) is 0. The summed E-state index contributed by atoms with van der Waals surface area (Å²) in [6.45, 7) is 5.60. The number of hydrogen-bond acceptors (Lipinski definition) is 2. The van der Waals surface area contributed by atoms with Crippen molar-refractivity contribution in [3.05, 3.63) is 0 Å². The first-order valence-electron chi connectivity index (χ1n) is 6.07. The van der Waals surface area contributed by atoms with E-state index in [1.807, 2.05) is 11.8 Å². The summed E-state index contributed by atoms with van der Waals surface area (Å²) in [4.78, 5) is 0. The molecule has 0 amide bonds. The summed E-state index contributed by atoms with van der Waals surface area (Å²) in [5.74, 6) is 1.30. The van der Waals surface area contributed by atoms with Crippen molar-refractivity contribution >= 4 is 11.8 Å². The third-order valence-electron chi connectivity index (χ3n) is 2.57. The summed E-state index contributed by atoms with van der Waals surface area (Å²) in [5.41, 5.74) is 0. The van der Waals surface area contributed by atoms with Crippen LogP contribution in [0.3, 0.4) is 0 Å².